The van der Waals surface area contributed by atoms with Crippen molar-refractivity contribution >= 4 is 0 Å². The fourth-order valence-corrected chi connectivity index (χ4v) is 3.44. The van der Waals surface area contributed by atoms with Crippen molar-refractivity contribution in [2.24, 2.45) is 0 Å². The molecule has 0 aromatic heterocycles. The Morgan fingerprint density at radius 3 is 2.72 bits per heavy atom. The Bertz CT molecular complexity index is 396. The van der Waals surface area contributed by atoms with E-state index in [9.17, 15) is 0 Å². The number of likely N-dealkylation sites (tertiary alicyclic amines) is 1. The van der Waals surface area contributed by atoms with Crippen molar-refractivity contribution in [1.29, 1.82) is 0 Å². The molecular formula is C16H24N2. The second kappa shape index (κ2) is 5.41. The number of hydrogen-bond donors (Lipinski definition) is 1. The maximum atomic E-state index is 3.47. The van der Waals surface area contributed by atoms with E-state index in [1.807, 2.05) is 0 Å². The van der Waals surface area contributed by atoms with Crippen molar-refractivity contribution < 1.29 is 0 Å². The molecular weight excluding hydrogens is 220 g/mol. The molecule has 0 bridgehead atoms. The molecule has 2 aliphatic heterocycles. The number of nitrogens with zero attached hydrogens (tertiary/aromatic N) is 1. The van der Waals surface area contributed by atoms with Gasteiger partial charge < -0.3 is 10.2 Å². The van der Waals surface area contributed by atoms with Crippen LogP contribution < -0.4 is 5.32 Å². The molecule has 2 aliphatic rings. The second-order valence-corrected chi connectivity index (χ2v) is 5.96. The lowest BCUT2D eigenvalue weighted by Crippen LogP contribution is -2.30. The molecule has 0 aliphatic carbocycles. The molecule has 2 heterocycles. The van der Waals surface area contributed by atoms with Crippen LogP contribution in [0.5, 0.6) is 0 Å². The van der Waals surface area contributed by atoms with Crippen LogP contribution >= 0.6 is 0 Å². The summed E-state index contributed by atoms with van der Waals surface area (Å²) in [5, 5.41) is 3.47. The summed E-state index contributed by atoms with van der Waals surface area (Å²) in [6.07, 6.45) is 4.00. The summed E-state index contributed by atoms with van der Waals surface area (Å²) in [5.74, 6) is 1.49. The highest BCUT2D eigenvalue weighted by Gasteiger charge is 2.21. The molecule has 2 nitrogen and oxygen atoms in total. The van der Waals surface area contributed by atoms with Crippen LogP contribution in [0, 0.1) is 0 Å². The average Bonchev–Trinajstić information content (AvgIpc) is 2.93. The van der Waals surface area contributed by atoms with Crippen LogP contribution in [0.15, 0.2) is 24.3 Å². The van der Waals surface area contributed by atoms with Crippen LogP contribution in [0.3, 0.4) is 0 Å². The fourth-order valence-electron chi connectivity index (χ4n) is 3.44. The van der Waals surface area contributed by atoms with Crippen molar-refractivity contribution in [2.75, 3.05) is 33.2 Å². The lowest BCUT2D eigenvalue weighted by molar-refractivity contribution is 0.251. The van der Waals surface area contributed by atoms with Crippen LogP contribution in [0.1, 0.15) is 42.2 Å². The summed E-state index contributed by atoms with van der Waals surface area (Å²) in [4.78, 5) is 2.47. The van der Waals surface area contributed by atoms with E-state index in [2.05, 4.69) is 41.5 Å². The largest absolute Gasteiger partial charge is 0.316 e. The van der Waals surface area contributed by atoms with Gasteiger partial charge in [0.2, 0.25) is 0 Å². The van der Waals surface area contributed by atoms with Crippen molar-refractivity contribution in [3.8, 4) is 0 Å². The summed E-state index contributed by atoms with van der Waals surface area (Å²) < 4.78 is 0. The summed E-state index contributed by atoms with van der Waals surface area (Å²) in [5.41, 5.74) is 3.11. The topological polar surface area (TPSA) is 15.3 Å². The highest BCUT2D eigenvalue weighted by Crippen LogP contribution is 2.30. The SMILES string of the molecule is CN1CCCC(c2cccc(C3CCNC3)c2)C1. The van der Waals surface area contributed by atoms with Gasteiger partial charge in [0.1, 0.15) is 0 Å². The minimum absolute atomic E-state index is 0.742. The summed E-state index contributed by atoms with van der Waals surface area (Å²) in [6, 6.07) is 9.38. The van der Waals surface area contributed by atoms with Crippen molar-refractivity contribution in [3.05, 3.63) is 35.4 Å². The highest BCUT2D eigenvalue weighted by atomic mass is 15.1. The lowest BCUT2D eigenvalue weighted by Gasteiger charge is -2.30. The van der Waals surface area contributed by atoms with Crippen molar-refractivity contribution in [1.82, 2.24) is 10.2 Å². The van der Waals surface area contributed by atoms with Crippen LogP contribution in [0.2, 0.25) is 0 Å². The molecule has 98 valence electrons. The van der Waals surface area contributed by atoms with E-state index in [1.165, 1.54) is 38.9 Å². The normalized spacial score (nSPS) is 29.6. The second-order valence-electron chi connectivity index (χ2n) is 5.96. The first kappa shape index (κ1) is 12.2. The molecule has 2 heteroatoms. The Morgan fingerprint density at radius 2 is 2.00 bits per heavy atom. The number of benzene rings is 1. The first-order chi connectivity index (χ1) is 8.83. The van der Waals surface area contributed by atoms with Gasteiger partial charge in [0, 0.05) is 13.1 Å². The van der Waals surface area contributed by atoms with Crippen LogP contribution in [-0.4, -0.2) is 38.1 Å². The van der Waals surface area contributed by atoms with Gasteiger partial charge in [-0.2, -0.15) is 0 Å². The zero-order valence-electron chi connectivity index (χ0n) is 11.4. The third kappa shape index (κ3) is 2.60. The molecule has 1 aromatic carbocycles. The number of likely N-dealkylation sites (N-methyl/N-ethyl adjacent to an activating group) is 1. The molecule has 3 rings (SSSR count). The summed E-state index contributed by atoms with van der Waals surface area (Å²) in [7, 11) is 2.25. The van der Waals surface area contributed by atoms with E-state index in [0.717, 1.165) is 18.4 Å². The van der Waals surface area contributed by atoms with Crippen LogP contribution in [-0.2, 0) is 0 Å². The Kier molecular flexibility index (Phi) is 3.67. The summed E-state index contributed by atoms with van der Waals surface area (Å²) in [6.45, 7) is 4.84. The standard InChI is InChI=1S/C16H24N2/c1-18-9-3-6-16(12-18)14-5-2-4-13(10-14)15-7-8-17-11-15/h2,4-5,10,15-17H,3,6-9,11-12H2,1H3. The van der Waals surface area contributed by atoms with Crippen molar-refractivity contribution in [2.45, 2.75) is 31.1 Å². The van der Waals surface area contributed by atoms with Crippen LogP contribution in [0.25, 0.3) is 0 Å². The van der Waals surface area contributed by atoms with Gasteiger partial charge >= 0.3 is 0 Å². The molecule has 0 amide bonds. The zero-order chi connectivity index (χ0) is 12.4. The molecule has 2 unspecified atom stereocenters. The third-order valence-electron chi connectivity index (χ3n) is 4.54. The van der Waals surface area contributed by atoms with Gasteiger partial charge in [-0.15, -0.1) is 0 Å². The number of rotatable bonds is 2. The number of hydrogen-bond acceptors (Lipinski definition) is 2. The zero-order valence-corrected chi connectivity index (χ0v) is 11.4. The highest BCUT2D eigenvalue weighted by molar-refractivity contribution is 5.30. The predicted octanol–water partition coefficient (Wildman–Crippen LogP) is 2.57. The quantitative estimate of drug-likeness (QED) is 0.860. The van der Waals surface area contributed by atoms with Gasteiger partial charge in [-0.05, 0) is 62.4 Å². The van der Waals surface area contributed by atoms with Gasteiger partial charge in [0.05, 0.1) is 0 Å². The van der Waals surface area contributed by atoms with E-state index < -0.39 is 0 Å². The molecule has 0 saturated carbocycles. The van der Waals surface area contributed by atoms with E-state index in [1.54, 1.807) is 11.1 Å². The van der Waals surface area contributed by atoms with Gasteiger partial charge in [-0.3, -0.25) is 0 Å². The predicted molar refractivity (Wildman–Crippen MR) is 76.1 cm³/mol. The molecule has 2 saturated heterocycles. The Balaban J connectivity index is 1.77. The maximum Gasteiger partial charge on any atom is 0.00472 e. The smallest absolute Gasteiger partial charge is 0.00472 e. The molecule has 0 radical (unpaired) electrons. The van der Waals surface area contributed by atoms with E-state index in [0.29, 0.717) is 0 Å². The average molecular weight is 244 g/mol. The van der Waals surface area contributed by atoms with E-state index in [-0.39, 0.29) is 0 Å². The Morgan fingerprint density at radius 1 is 1.17 bits per heavy atom. The van der Waals surface area contributed by atoms with Gasteiger partial charge in [-0.25, -0.2) is 0 Å². The minimum Gasteiger partial charge on any atom is -0.316 e. The fraction of sp³-hybridized carbons (Fsp3) is 0.625. The minimum atomic E-state index is 0.742. The Labute approximate surface area is 110 Å². The van der Waals surface area contributed by atoms with Gasteiger partial charge in [-0.1, -0.05) is 24.3 Å². The molecule has 18 heavy (non-hydrogen) atoms. The summed E-state index contributed by atoms with van der Waals surface area (Å²) >= 11 is 0. The molecule has 2 fully saturated rings. The van der Waals surface area contributed by atoms with Crippen LogP contribution in [0.4, 0.5) is 0 Å². The monoisotopic (exact) mass is 244 g/mol. The molecule has 1 aromatic rings. The van der Waals surface area contributed by atoms with Crippen molar-refractivity contribution in [3.63, 3.8) is 0 Å². The molecule has 2 atom stereocenters. The first-order valence-corrected chi connectivity index (χ1v) is 7.32. The molecule has 0 spiro atoms. The van der Waals surface area contributed by atoms with Gasteiger partial charge in [0.15, 0.2) is 0 Å². The van der Waals surface area contributed by atoms with E-state index >= 15 is 0 Å². The first-order valence-electron chi connectivity index (χ1n) is 7.32. The van der Waals surface area contributed by atoms with Gasteiger partial charge in [0.25, 0.3) is 0 Å². The Hall–Kier alpha value is -0.860. The van der Waals surface area contributed by atoms with E-state index in [4.69, 9.17) is 0 Å². The maximum absolute atomic E-state index is 3.47. The molecule has 1 N–H and O–H groups in total. The number of nitrogens with one attached hydrogen (secondary N) is 1. The number of piperidine rings is 1. The lowest BCUT2D eigenvalue weighted by atomic mass is 9.87. The third-order valence-corrected chi connectivity index (χ3v) is 4.54.